The normalized spacial score (nSPS) is 11.7. The molecule has 1 N–H and O–H groups in total. The van der Waals surface area contributed by atoms with Crippen molar-refractivity contribution in [3.8, 4) is 0 Å². The van der Waals surface area contributed by atoms with Gasteiger partial charge in [0.05, 0.1) is 5.56 Å². The Morgan fingerprint density at radius 3 is 2.57 bits per heavy atom. The maximum atomic E-state index is 13.6. The Labute approximate surface area is 173 Å². The van der Waals surface area contributed by atoms with E-state index >= 15 is 0 Å². The van der Waals surface area contributed by atoms with E-state index in [2.05, 4.69) is 10.3 Å². The summed E-state index contributed by atoms with van der Waals surface area (Å²) in [6.07, 6.45) is -1.93. The van der Waals surface area contributed by atoms with Crippen molar-refractivity contribution in [2.24, 2.45) is 5.92 Å². The van der Waals surface area contributed by atoms with E-state index in [1.165, 1.54) is 40.4 Å². The minimum atomic E-state index is -4.85. The highest BCUT2D eigenvalue weighted by atomic mass is 32.1. The van der Waals surface area contributed by atoms with Crippen molar-refractivity contribution in [2.45, 2.75) is 26.6 Å². The van der Waals surface area contributed by atoms with Gasteiger partial charge in [-0.3, -0.25) is 14.9 Å². The molecular weight excluding hydrogens is 422 g/mol. The Kier molecular flexibility index (Phi) is 6.06. The van der Waals surface area contributed by atoms with E-state index in [4.69, 9.17) is 0 Å². The predicted octanol–water partition coefficient (Wildman–Crippen LogP) is 5.24. The van der Waals surface area contributed by atoms with Gasteiger partial charge >= 0.3 is 6.18 Å². The fraction of sp³-hybridized carbons (Fsp3) is 0.250. The van der Waals surface area contributed by atoms with Gasteiger partial charge < -0.3 is 4.57 Å². The van der Waals surface area contributed by atoms with Crippen LogP contribution >= 0.6 is 11.3 Å². The first kappa shape index (κ1) is 21.7. The summed E-state index contributed by atoms with van der Waals surface area (Å²) in [5.41, 5.74) is -0.926. The summed E-state index contributed by atoms with van der Waals surface area (Å²) in [6.45, 7) is 3.24. The SMILES string of the molecule is CC(C)C(=O)c1cc(C(=O)Nc2nccs2)n(Cc2ccc(F)c(C(F)(F)F)c2)c1. The molecule has 158 valence electrons. The average Bonchev–Trinajstić information content (AvgIpc) is 3.31. The highest BCUT2D eigenvalue weighted by Crippen LogP contribution is 2.32. The Bertz CT molecular complexity index is 1070. The molecule has 3 rings (SSSR count). The Morgan fingerprint density at radius 1 is 1.23 bits per heavy atom. The van der Waals surface area contributed by atoms with Crippen molar-refractivity contribution < 1.29 is 27.2 Å². The zero-order valence-electron chi connectivity index (χ0n) is 16.0. The molecule has 3 aromatic rings. The van der Waals surface area contributed by atoms with Crippen LogP contribution in [0.2, 0.25) is 0 Å². The second kappa shape index (κ2) is 8.39. The standard InChI is InChI=1S/C20H17F4N3O2S/c1-11(2)17(28)13-8-16(18(29)26-19-25-5-6-30-19)27(10-13)9-12-3-4-15(21)14(7-12)20(22,23)24/h3-8,10-11H,9H2,1-2H3,(H,25,26,29). The molecule has 2 aromatic heterocycles. The van der Waals surface area contributed by atoms with Crippen molar-refractivity contribution in [3.05, 3.63) is 70.2 Å². The number of benzene rings is 1. The van der Waals surface area contributed by atoms with Gasteiger partial charge in [0.2, 0.25) is 0 Å². The molecule has 0 unspecified atom stereocenters. The largest absolute Gasteiger partial charge is 0.419 e. The summed E-state index contributed by atoms with van der Waals surface area (Å²) < 4.78 is 54.0. The number of carbonyl (C=O) groups is 2. The third kappa shape index (κ3) is 4.76. The van der Waals surface area contributed by atoms with Gasteiger partial charge in [0.15, 0.2) is 10.9 Å². The number of hydrogen-bond acceptors (Lipinski definition) is 4. The monoisotopic (exact) mass is 439 g/mol. The van der Waals surface area contributed by atoms with E-state index in [1.807, 2.05) is 0 Å². The topological polar surface area (TPSA) is 64.0 Å². The first-order valence-corrected chi connectivity index (χ1v) is 9.75. The zero-order valence-corrected chi connectivity index (χ0v) is 16.8. The number of thiazole rings is 1. The molecule has 0 atom stereocenters. The number of nitrogens with zero attached hydrogens (tertiary/aromatic N) is 2. The number of aromatic nitrogens is 2. The lowest BCUT2D eigenvalue weighted by Crippen LogP contribution is -2.17. The minimum Gasteiger partial charge on any atom is -0.338 e. The molecule has 1 amide bonds. The fourth-order valence-electron chi connectivity index (χ4n) is 2.83. The van der Waals surface area contributed by atoms with Crippen LogP contribution in [0.25, 0.3) is 0 Å². The number of anilines is 1. The van der Waals surface area contributed by atoms with Gasteiger partial charge in [-0.25, -0.2) is 9.37 Å². The Hall–Kier alpha value is -3.01. The second-order valence-corrected chi connectivity index (χ2v) is 7.76. The van der Waals surface area contributed by atoms with E-state index in [9.17, 15) is 27.2 Å². The molecule has 0 saturated carbocycles. The van der Waals surface area contributed by atoms with Crippen LogP contribution in [-0.2, 0) is 12.7 Å². The summed E-state index contributed by atoms with van der Waals surface area (Å²) in [7, 11) is 0. The number of halogens is 4. The maximum absolute atomic E-state index is 13.6. The zero-order chi connectivity index (χ0) is 22.1. The van der Waals surface area contributed by atoms with Gasteiger partial charge in [-0.15, -0.1) is 11.3 Å². The van der Waals surface area contributed by atoms with Crippen LogP contribution in [0.5, 0.6) is 0 Å². The number of rotatable bonds is 6. The van der Waals surface area contributed by atoms with Gasteiger partial charge in [-0.05, 0) is 23.8 Å². The number of ketones is 1. The third-order valence-corrected chi connectivity index (χ3v) is 4.97. The summed E-state index contributed by atoms with van der Waals surface area (Å²) in [5.74, 6) is -2.49. The summed E-state index contributed by atoms with van der Waals surface area (Å²) in [6, 6.07) is 4.02. The fourth-order valence-corrected chi connectivity index (χ4v) is 3.35. The van der Waals surface area contributed by atoms with Crippen LogP contribution in [0.1, 0.15) is 45.8 Å². The summed E-state index contributed by atoms with van der Waals surface area (Å²) in [5, 5.41) is 4.59. The van der Waals surface area contributed by atoms with E-state index in [0.717, 1.165) is 6.07 Å². The van der Waals surface area contributed by atoms with E-state index < -0.39 is 23.5 Å². The molecule has 0 saturated heterocycles. The first-order chi connectivity index (χ1) is 14.1. The van der Waals surface area contributed by atoms with E-state index in [1.54, 1.807) is 19.2 Å². The molecule has 0 fully saturated rings. The Balaban J connectivity index is 1.98. The van der Waals surface area contributed by atoms with Crippen molar-refractivity contribution in [3.63, 3.8) is 0 Å². The number of Topliss-reactive ketones (excluding diaryl/α,β-unsaturated/α-hetero) is 1. The first-order valence-electron chi connectivity index (χ1n) is 8.87. The molecule has 30 heavy (non-hydrogen) atoms. The molecule has 1 aromatic carbocycles. The molecule has 0 bridgehead atoms. The number of alkyl halides is 3. The molecule has 2 heterocycles. The van der Waals surface area contributed by atoms with E-state index in [-0.39, 0.29) is 35.1 Å². The number of carbonyl (C=O) groups excluding carboxylic acids is 2. The number of nitrogens with one attached hydrogen (secondary N) is 1. The number of hydrogen-bond donors (Lipinski definition) is 1. The molecule has 0 spiro atoms. The van der Waals surface area contributed by atoms with Crippen LogP contribution in [0.4, 0.5) is 22.7 Å². The van der Waals surface area contributed by atoms with Crippen LogP contribution in [0, 0.1) is 11.7 Å². The quantitative estimate of drug-likeness (QED) is 0.422. The third-order valence-electron chi connectivity index (χ3n) is 4.28. The van der Waals surface area contributed by atoms with Crippen molar-refractivity contribution in [1.29, 1.82) is 0 Å². The van der Waals surface area contributed by atoms with Crippen LogP contribution in [0.3, 0.4) is 0 Å². The minimum absolute atomic E-state index is 0.0760. The lowest BCUT2D eigenvalue weighted by atomic mass is 10.0. The highest BCUT2D eigenvalue weighted by molar-refractivity contribution is 7.13. The predicted molar refractivity (Wildman–Crippen MR) is 104 cm³/mol. The summed E-state index contributed by atoms with van der Waals surface area (Å²) >= 11 is 1.19. The van der Waals surface area contributed by atoms with E-state index in [0.29, 0.717) is 11.2 Å². The van der Waals surface area contributed by atoms with Crippen LogP contribution in [0.15, 0.2) is 42.0 Å². The summed E-state index contributed by atoms with van der Waals surface area (Å²) in [4.78, 5) is 29.0. The second-order valence-electron chi connectivity index (χ2n) is 6.86. The molecular formula is C20H17F4N3O2S. The molecule has 0 aliphatic heterocycles. The maximum Gasteiger partial charge on any atom is 0.419 e. The van der Waals surface area contributed by atoms with Crippen molar-refractivity contribution >= 4 is 28.2 Å². The molecule has 0 radical (unpaired) electrons. The van der Waals surface area contributed by atoms with Gasteiger partial charge in [0.1, 0.15) is 11.5 Å². The highest BCUT2D eigenvalue weighted by Gasteiger charge is 2.34. The van der Waals surface area contributed by atoms with Crippen molar-refractivity contribution in [1.82, 2.24) is 9.55 Å². The van der Waals surface area contributed by atoms with Crippen LogP contribution in [-0.4, -0.2) is 21.2 Å². The molecule has 0 aliphatic carbocycles. The molecule has 0 aliphatic rings. The van der Waals surface area contributed by atoms with Gasteiger partial charge in [-0.2, -0.15) is 13.2 Å². The smallest absolute Gasteiger partial charge is 0.338 e. The van der Waals surface area contributed by atoms with Gasteiger partial charge in [0, 0.05) is 35.8 Å². The molecule has 5 nitrogen and oxygen atoms in total. The Morgan fingerprint density at radius 2 is 1.97 bits per heavy atom. The number of amides is 1. The van der Waals surface area contributed by atoms with Crippen molar-refractivity contribution in [2.75, 3.05) is 5.32 Å². The lowest BCUT2D eigenvalue weighted by Gasteiger charge is -2.12. The average molecular weight is 439 g/mol. The van der Waals surface area contributed by atoms with Crippen LogP contribution < -0.4 is 5.32 Å². The lowest BCUT2D eigenvalue weighted by molar-refractivity contribution is -0.140. The van der Waals surface area contributed by atoms with Gasteiger partial charge in [0.25, 0.3) is 5.91 Å². The molecule has 10 heteroatoms. The van der Waals surface area contributed by atoms with Gasteiger partial charge in [-0.1, -0.05) is 19.9 Å².